The molecule has 0 aliphatic carbocycles. The molecule has 0 bridgehead atoms. The number of halogens is 2. The van der Waals surface area contributed by atoms with Crippen LogP contribution in [-0.4, -0.2) is 5.91 Å². The summed E-state index contributed by atoms with van der Waals surface area (Å²) in [6.45, 7) is 0. The van der Waals surface area contributed by atoms with Crippen molar-refractivity contribution in [2.45, 2.75) is 0 Å². The average molecular weight is 282 g/mol. The van der Waals surface area contributed by atoms with Crippen molar-refractivity contribution in [3.05, 3.63) is 52.2 Å². The number of amides is 1. The summed E-state index contributed by atoms with van der Waals surface area (Å²) in [5.74, 6) is 0.556. The molecule has 1 heterocycles. The SMILES string of the molecule is NC(=O)C=Cc1ccc(-c2cccc(Cl)c2Cl)o1. The van der Waals surface area contributed by atoms with Crippen LogP contribution in [0.4, 0.5) is 0 Å². The van der Waals surface area contributed by atoms with E-state index in [0.29, 0.717) is 27.1 Å². The van der Waals surface area contributed by atoms with Gasteiger partial charge < -0.3 is 10.2 Å². The minimum Gasteiger partial charge on any atom is -0.457 e. The summed E-state index contributed by atoms with van der Waals surface area (Å²) in [7, 11) is 0. The summed E-state index contributed by atoms with van der Waals surface area (Å²) in [4.78, 5) is 10.6. The molecule has 2 N–H and O–H groups in total. The van der Waals surface area contributed by atoms with E-state index >= 15 is 0 Å². The lowest BCUT2D eigenvalue weighted by Gasteiger charge is -2.01. The van der Waals surface area contributed by atoms with Crippen molar-refractivity contribution in [1.29, 1.82) is 0 Å². The lowest BCUT2D eigenvalue weighted by molar-refractivity contribution is -0.113. The molecule has 0 aliphatic rings. The Kier molecular flexibility index (Phi) is 3.75. The first kappa shape index (κ1) is 12.7. The van der Waals surface area contributed by atoms with Gasteiger partial charge in [0.1, 0.15) is 11.5 Å². The van der Waals surface area contributed by atoms with Crippen LogP contribution < -0.4 is 5.73 Å². The first-order valence-electron chi connectivity index (χ1n) is 5.09. The van der Waals surface area contributed by atoms with Crippen molar-refractivity contribution in [2.75, 3.05) is 0 Å². The molecule has 0 fully saturated rings. The number of primary amides is 1. The average Bonchev–Trinajstić information content (AvgIpc) is 2.78. The topological polar surface area (TPSA) is 56.2 Å². The van der Waals surface area contributed by atoms with E-state index in [4.69, 9.17) is 33.4 Å². The monoisotopic (exact) mass is 281 g/mol. The van der Waals surface area contributed by atoms with Gasteiger partial charge in [-0.25, -0.2) is 0 Å². The first-order valence-corrected chi connectivity index (χ1v) is 5.85. The van der Waals surface area contributed by atoms with Gasteiger partial charge in [0.15, 0.2) is 0 Å². The number of carbonyl (C=O) groups excluding carboxylic acids is 1. The molecule has 0 saturated carbocycles. The Hall–Kier alpha value is -1.71. The quantitative estimate of drug-likeness (QED) is 0.871. The molecule has 0 atom stereocenters. The predicted molar refractivity (Wildman–Crippen MR) is 72.4 cm³/mol. The third-order valence-electron chi connectivity index (χ3n) is 2.26. The Morgan fingerprint density at radius 3 is 2.72 bits per heavy atom. The highest BCUT2D eigenvalue weighted by Crippen LogP contribution is 2.34. The van der Waals surface area contributed by atoms with Crippen LogP contribution in [0.25, 0.3) is 17.4 Å². The second kappa shape index (κ2) is 5.29. The number of hydrogen-bond donors (Lipinski definition) is 1. The number of hydrogen-bond acceptors (Lipinski definition) is 2. The van der Waals surface area contributed by atoms with E-state index in [1.54, 1.807) is 30.3 Å². The van der Waals surface area contributed by atoms with Gasteiger partial charge in [0.2, 0.25) is 5.91 Å². The number of rotatable bonds is 3. The van der Waals surface area contributed by atoms with Crippen LogP contribution in [-0.2, 0) is 4.79 Å². The molecule has 2 aromatic rings. The summed E-state index contributed by atoms with van der Waals surface area (Å²) in [5.41, 5.74) is 5.69. The molecule has 18 heavy (non-hydrogen) atoms. The molecule has 1 amide bonds. The molecule has 2 rings (SSSR count). The van der Waals surface area contributed by atoms with Crippen molar-refractivity contribution in [2.24, 2.45) is 5.73 Å². The van der Waals surface area contributed by atoms with E-state index in [0.717, 1.165) is 0 Å². The molecule has 3 nitrogen and oxygen atoms in total. The van der Waals surface area contributed by atoms with Gasteiger partial charge in [-0.15, -0.1) is 0 Å². The van der Waals surface area contributed by atoms with E-state index in [2.05, 4.69) is 0 Å². The first-order chi connectivity index (χ1) is 8.58. The van der Waals surface area contributed by atoms with Gasteiger partial charge in [0.25, 0.3) is 0 Å². The molecular weight excluding hydrogens is 273 g/mol. The zero-order valence-corrected chi connectivity index (χ0v) is 10.7. The van der Waals surface area contributed by atoms with E-state index in [1.165, 1.54) is 12.2 Å². The molecule has 1 aromatic heterocycles. The van der Waals surface area contributed by atoms with Crippen LogP contribution in [0.5, 0.6) is 0 Å². The highest BCUT2D eigenvalue weighted by atomic mass is 35.5. The summed E-state index contributed by atoms with van der Waals surface area (Å²) in [6, 6.07) is 8.74. The Balaban J connectivity index is 2.35. The Morgan fingerprint density at radius 1 is 1.22 bits per heavy atom. The van der Waals surface area contributed by atoms with Crippen molar-refractivity contribution < 1.29 is 9.21 Å². The van der Waals surface area contributed by atoms with Gasteiger partial charge in [-0.05, 0) is 30.3 Å². The number of carbonyl (C=O) groups is 1. The maximum absolute atomic E-state index is 10.6. The Bertz CT molecular complexity index is 617. The van der Waals surface area contributed by atoms with Crippen molar-refractivity contribution in [1.82, 2.24) is 0 Å². The van der Waals surface area contributed by atoms with Gasteiger partial charge >= 0.3 is 0 Å². The standard InChI is InChI=1S/C13H9Cl2NO2/c14-10-3-1-2-9(13(10)15)11-6-4-8(18-11)5-7-12(16)17/h1-7H,(H2,16,17). The maximum Gasteiger partial charge on any atom is 0.241 e. The highest BCUT2D eigenvalue weighted by Gasteiger charge is 2.09. The third kappa shape index (κ3) is 2.75. The minimum atomic E-state index is -0.534. The van der Waals surface area contributed by atoms with E-state index in [9.17, 15) is 4.79 Å². The van der Waals surface area contributed by atoms with Crippen LogP contribution in [0, 0.1) is 0 Å². The second-order valence-electron chi connectivity index (χ2n) is 3.54. The van der Waals surface area contributed by atoms with Gasteiger partial charge in [0, 0.05) is 11.6 Å². The molecule has 0 saturated heterocycles. The molecule has 0 spiro atoms. The minimum absolute atomic E-state index is 0.430. The lowest BCUT2D eigenvalue weighted by Crippen LogP contribution is -2.04. The molecule has 0 radical (unpaired) electrons. The van der Waals surface area contributed by atoms with Gasteiger partial charge in [-0.2, -0.15) is 0 Å². The van der Waals surface area contributed by atoms with Crippen LogP contribution in [0.3, 0.4) is 0 Å². The number of benzene rings is 1. The Labute approximate surface area is 114 Å². The van der Waals surface area contributed by atoms with E-state index in [-0.39, 0.29) is 0 Å². The highest BCUT2D eigenvalue weighted by molar-refractivity contribution is 6.43. The van der Waals surface area contributed by atoms with Crippen LogP contribution in [0.1, 0.15) is 5.76 Å². The van der Waals surface area contributed by atoms with Crippen LogP contribution in [0.2, 0.25) is 10.0 Å². The van der Waals surface area contributed by atoms with Gasteiger partial charge in [-0.1, -0.05) is 29.3 Å². The van der Waals surface area contributed by atoms with Crippen LogP contribution >= 0.6 is 23.2 Å². The molecule has 0 aliphatic heterocycles. The van der Waals surface area contributed by atoms with E-state index in [1.807, 2.05) is 0 Å². The number of furan rings is 1. The zero-order valence-electron chi connectivity index (χ0n) is 9.19. The van der Waals surface area contributed by atoms with E-state index < -0.39 is 5.91 Å². The smallest absolute Gasteiger partial charge is 0.241 e. The molecule has 1 aromatic carbocycles. The number of nitrogens with two attached hydrogens (primary N) is 1. The summed E-state index contributed by atoms with van der Waals surface area (Å²) < 4.78 is 5.52. The fourth-order valence-corrected chi connectivity index (χ4v) is 1.84. The van der Waals surface area contributed by atoms with Crippen molar-refractivity contribution >= 4 is 35.2 Å². The second-order valence-corrected chi connectivity index (χ2v) is 4.32. The summed E-state index contributed by atoms with van der Waals surface area (Å²) in [5, 5.41) is 0.888. The fourth-order valence-electron chi connectivity index (χ4n) is 1.45. The van der Waals surface area contributed by atoms with Crippen molar-refractivity contribution in [3.8, 4) is 11.3 Å². The maximum atomic E-state index is 10.6. The molecule has 0 unspecified atom stereocenters. The third-order valence-corrected chi connectivity index (χ3v) is 3.07. The largest absolute Gasteiger partial charge is 0.457 e. The zero-order chi connectivity index (χ0) is 13.1. The molecule has 92 valence electrons. The lowest BCUT2D eigenvalue weighted by atomic mass is 10.2. The molecular formula is C13H9Cl2NO2. The predicted octanol–water partition coefficient (Wildman–Crippen LogP) is 3.75. The van der Waals surface area contributed by atoms with Crippen molar-refractivity contribution in [3.63, 3.8) is 0 Å². The van der Waals surface area contributed by atoms with Gasteiger partial charge in [0.05, 0.1) is 10.0 Å². The fraction of sp³-hybridized carbons (Fsp3) is 0. The molecule has 5 heteroatoms. The summed E-state index contributed by atoms with van der Waals surface area (Å²) >= 11 is 12.0. The van der Waals surface area contributed by atoms with Crippen LogP contribution in [0.15, 0.2) is 40.8 Å². The normalized spacial score (nSPS) is 11.0. The summed E-state index contributed by atoms with van der Waals surface area (Å²) in [6.07, 6.45) is 2.71. The Morgan fingerprint density at radius 2 is 2.00 bits per heavy atom. The van der Waals surface area contributed by atoms with Gasteiger partial charge in [-0.3, -0.25) is 4.79 Å².